The number of benzene rings is 2. The summed E-state index contributed by atoms with van der Waals surface area (Å²) in [6.07, 6.45) is 2.79. The molecule has 22 heavy (non-hydrogen) atoms. The Morgan fingerprint density at radius 3 is 2.18 bits per heavy atom. The summed E-state index contributed by atoms with van der Waals surface area (Å²) < 4.78 is 0. The maximum absolute atomic E-state index is 12.3. The van der Waals surface area contributed by atoms with Crippen LogP contribution in [0.15, 0.2) is 48.5 Å². The monoisotopic (exact) mass is 291 g/mol. The van der Waals surface area contributed by atoms with Crippen molar-refractivity contribution in [2.45, 2.75) is 38.1 Å². The van der Waals surface area contributed by atoms with Gasteiger partial charge in [0.25, 0.3) is 0 Å². The van der Waals surface area contributed by atoms with Crippen molar-refractivity contribution in [1.29, 1.82) is 0 Å². The van der Waals surface area contributed by atoms with Crippen molar-refractivity contribution in [2.24, 2.45) is 0 Å². The molecule has 0 radical (unpaired) electrons. The molecule has 2 nitrogen and oxygen atoms in total. The Morgan fingerprint density at radius 2 is 1.59 bits per heavy atom. The number of fused-ring (bicyclic) bond motifs is 3. The van der Waals surface area contributed by atoms with Crippen molar-refractivity contribution in [3.8, 4) is 11.1 Å². The summed E-state index contributed by atoms with van der Waals surface area (Å²) >= 11 is 0. The number of carbonyl (C=O) groups excluding carboxylic acids is 1. The maximum Gasteiger partial charge on any atom is 0.222 e. The smallest absolute Gasteiger partial charge is 0.222 e. The Kier molecular flexibility index (Phi) is 3.25. The van der Waals surface area contributed by atoms with Gasteiger partial charge in [-0.2, -0.15) is 0 Å². The molecule has 0 aromatic heterocycles. The van der Waals surface area contributed by atoms with E-state index in [1.165, 1.54) is 22.3 Å². The molecule has 2 aromatic carbocycles. The number of hydrogen-bond donors (Lipinski definition) is 0. The van der Waals surface area contributed by atoms with Gasteiger partial charge in [0.05, 0.1) is 0 Å². The third-order valence-corrected chi connectivity index (χ3v) is 5.27. The lowest BCUT2D eigenvalue weighted by Gasteiger charge is -2.28. The Hall–Kier alpha value is -2.09. The molecule has 1 atom stereocenters. The van der Waals surface area contributed by atoms with Crippen LogP contribution < -0.4 is 0 Å². The first-order valence-electron chi connectivity index (χ1n) is 8.27. The lowest BCUT2D eigenvalue weighted by atomic mass is 9.96. The standard InChI is InChI=1S/C20H21NO/c1-2-14-11-12-20(22)21(14)13-19-17-9-5-3-7-15(17)16-8-4-6-10-18(16)19/h3-10,14,19H,2,11-13H2,1H3. The fraction of sp³-hybridized carbons (Fsp3) is 0.350. The highest BCUT2D eigenvalue weighted by Gasteiger charge is 2.35. The van der Waals surface area contributed by atoms with Gasteiger partial charge in [-0.15, -0.1) is 0 Å². The molecule has 0 bridgehead atoms. The van der Waals surface area contributed by atoms with E-state index in [1.807, 2.05) is 0 Å². The lowest BCUT2D eigenvalue weighted by molar-refractivity contribution is -0.129. The first-order chi connectivity index (χ1) is 10.8. The van der Waals surface area contributed by atoms with E-state index in [2.05, 4.69) is 60.4 Å². The van der Waals surface area contributed by atoms with Crippen LogP contribution in [0.5, 0.6) is 0 Å². The maximum atomic E-state index is 12.3. The highest BCUT2D eigenvalue weighted by Crippen LogP contribution is 2.45. The molecule has 1 aliphatic carbocycles. The van der Waals surface area contributed by atoms with Crippen molar-refractivity contribution in [1.82, 2.24) is 4.90 Å². The van der Waals surface area contributed by atoms with Gasteiger partial charge in [-0.1, -0.05) is 55.5 Å². The number of carbonyl (C=O) groups is 1. The summed E-state index contributed by atoms with van der Waals surface area (Å²) in [7, 11) is 0. The Morgan fingerprint density at radius 1 is 1.00 bits per heavy atom. The Labute approximate surface area is 131 Å². The summed E-state index contributed by atoms with van der Waals surface area (Å²) in [5.41, 5.74) is 5.42. The van der Waals surface area contributed by atoms with Gasteiger partial charge in [0.1, 0.15) is 0 Å². The summed E-state index contributed by atoms with van der Waals surface area (Å²) in [6.45, 7) is 3.01. The van der Waals surface area contributed by atoms with E-state index in [-0.39, 0.29) is 0 Å². The Balaban J connectivity index is 1.74. The van der Waals surface area contributed by atoms with E-state index >= 15 is 0 Å². The lowest BCUT2D eigenvalue weighted by Crippen LogP contribution is -2.36. The van der Waals surface area contributed by atoms with Crippen LogP contribution in [0.4, 0.5) is 0 Å². The fourth-order valence-electron chi connectivity index (χ4n) is 4.12. The third-order valence-electron chi connectivity index (χ3n) is 5.27. The molecule has 2 aromatic rings. The van der Waals surface area contributed by atoms with Crippen LogP contribution in [0.1, 0.15) is 43.2 Å². The molecular formula is C20H21NO. The zero-order chi connectivity index (χ0) is 15.1. The van der Waals surface area contributed by atoms with Crippen molar-refractivity contribution >= 4 is 5.91 Å². The van der Waals surface area contributed by atoms with Crippen LogP contribution >= 0.6 is 0 Å². The molecule has 1 amide bonds. The second-order valence-electron chi connectivity index (χ2n) is 6.37. The first-order valence-corrected chi connectivity index (χ1v) is 8.27. The van der Waals surface area contributed by atoms with Gasteiger partial charge < -0.3 is 4.90 Å². The van der Waals surface area contributed by atoms with Gasteiger partial charge in [0.2, 0.25) is 5.91 Å². The SMILES string of the molecule is CCC1CCC(=O)N1CC1c2ccccc2-c2ccccc21. The van der Waals surface area contributed by atoms with Crippen molar-refractivity contribution in [3.05, 3.63) is 59.7 Å². The zero-order valence-electron chi connectivity index (χ0n) is 13.0. The number of rotatable bonds is 3. The molecule has 1 fully saturated rings. The Bertz CT molecular complexity index is 676. The molecule has 0 saturated carbocycles. The van der Waals surface area contributed by atoms with Crippen molar-refractivity contribution < 1.29 is 4.79 Å². The second kappa shape index (κ2) is 5.28. The van der Waals surface area contributed by atoms with Crippen molar-refractivity contribution in [3.63, 3.8) is 0 Å². The molecule has 2 heteroatoms. The van der Waals surface area contributed by atoms with E-state index in [0.717, 1.165) is 19.4 Å². The van der Waals surface area contributed by atoms with Gasteiger partial charge in [-0.25, -0.2) is 0 Å². The number of hydrogen-bond acceptors (Lipinski definition) is 1. The predicted molar refractivity (Wildman–Crippen MR) is 88.7 cm³/mol. The van der Waals surface area contributed by atoms with Gasteiger partial charge in [-0.3, -0.25) is 4.79 Å². The normalized spacial score (nSPS) is 20.3. The average molecular weight is 291 g/mol. The molecule has 1 heterocycles. The fourth-order valence-corrected chi connectivity index (χ4v) is 4.12. The quantitative estimate of drug-likeness (QED) is 0.830. The highest BCUT2D eigenvalue weighted by molar-refractivity contribution is 5.81. The third kappa shape index (κ3) is 1.98. The second-order valence-corrected chi connectivity index (χ2v) is 6.37. The molecule has 1 aliphatic heterocycles. The van der Waals surface area contributed by atoms with Gasteiger partial charge in [-0.05, 0) is 35.1 Å². The zero-order valence-corrected chi connectivity index (χ0v) is 13.0. The van der Waals surface area contributed by atoms with Crippen LogP contribution in [0, 0.1) is 0 Å². The minimum atomic E-state index is 0.323. The predicted octanol–water partition coefficient (Wildman–Crippen LogP) is 4.20. The molecule has 0 N–H and O–H groups in total. The van der Waals surface area contributed by atoms with Crippen LogP contribution in [0.2, 0.25) is 0 Å². The molecule has 1 saturated heterocycles. The minimum Gasteiger partial charge on any atom is -0.339 e. The molecule has 0 spiro atoms. The average Bonchev–Trinajstić information content (AvgIpc) is 3.08. The van der Waals surface area contributed by atoms with Crippen LogP contribution in [0.3, 0.4) is 0 Å². The number of likely N-dealkylation sites (tertiary alicyclic amines) is 1. The van der Waals surface area contributed by atoms with Crippen molar-refractivity contribution in [2.75, 3.05) is 6.54 Å². The highest BCUT2D eigenvalue weighted by atomic mass is 16.2. The topological polar surface area (TPSA) is 20.3 Å². The summed E-state index contributed by atoms with van der Waals surface area (Å²) in [5.74, 6) is 0.650. The van der Waals surface area contributed by atoms with E-state index < -0.39 is 0 Å². The van der Waals surface area contributed by atoms with Crippen LogP contribution in [-0.2, 0) is 4.79 Å². The summed E-state index contributed by atoms with van der Waals surface area (Å²) in [5, 5.41) is 0. The number of nitrogens with zero attached hydrogens (tertiary/aromatic N) is 1. The summed E-state index contributed by atoms with van der Waals surface area (Å²) in [4.78, 5) is 14.4. The van der Waals surface area contributed by atoms with E-state index in [0.29, 0.717) is 24.3 Å². The molecule has 1 unspecified atom stereocenters. The molecule has 2 aliphatic rings. The van der Waals surface area contributed by atoms with Gasteiger partial charge in [0.15, 0.2) is 0 Å². The molecular weight excluding hydrogens is 270 g/mol. The summed E-state index contributed by atoms with van der Waals surface area (Å²) in [6, 6.07) is 17.7. The molecule has 112 valence electrons. The molecule has 4 rings (SSSR count). The van der Waals surface area contributed by atoms with E-state index in [1.54, 1.807) is 0 Å². The van der Waals surface area contributed by atoms with Crippen LogP contribution in [0.25, 0.3) is 11.1 Å². The largest absolute Gasteiger partial charge is 0.339 e. The van der Waals surface area contributed by atoms with Gasteiger partial charge in [0, 0.05) is 24.9 Å². The first kappa shape index (κ1) is 13.6. The van der Waals surface area contributed by atoms with Crippen LogP contribution in [-0.4, -0.2) is 23.4 Å². The minimum absolute atomic E-state index is 0.323. The van der Waals surface area contributed by atoms with Gasteiger partial charge >= 0.3 is 0 Å². The van der Waals surface area contributed by atoms with E-state index in [9.17, 15) is 4.79 Å². The van der Waals surface area contributed by atoms with E-state index in [4.69, 9.17) is 0 Å². The number of amides is 1.